The SMILES string of the molecule is C=Cn1ncc(/C(Nc2ccc(S(C)(=O)=O)cc2F)=C(/C(N=C)=Nc2cc(C)[nH]n2)C2CC2)c1/N=C\C. The second-order valence-corrected chi connectivity index (χ2v) is 10.5. The average Bonchev–Trinajstić information content (AvgIpc) is 3.48. The number of H-pyrrole nitrogens is 1. The lowest BCUT2D eigenvalue weighted by Gasteiger charge is -2.18. The van der Waals surface area contributed by atoms with Crippen LogP contribution in [-0.2, 0) is 9.84 Å². The molecule has 0 amide bonds. The molecule has 0 bridgehead atoms. The maximum atomic E-state index is 15.2. The molecule has 1 saturated carbocycles. The van der Waals surface area contributed by atoms with E-state index in [0.29, 0.717) is 34.3 Å². The first-order chi connectivity index (χ1) is 17.7. The summed E-state index contributed by atoms with van der Waals surface area (Å²) in [7, 11) is -3.58. The smallest absolute Gasteiger partial charge is 0.176 e. The molecule has 12 heteroatoms. The quantitative estimate of drug-likeness (QED) is 0.304. The molecule has 3 aromatic rings. The molecule has 1 aliphatic rings. The van der Waals surface area contributed by atoms with E-state index >= 15 is 4.39 Å². The second kappa shape index (κ2) is 10.4. The largest absolute Gasteiger partial charge is 0.352 e. The van der Waals surface area contributed by atoms with Gasteiger partial charge < -0.3 is 5.32 Å². The van der Waals surface area contributed by atoms with Crippen LogP contribution in [-0.4, -0.2) is 53.4 Å². The lowest BCUT2D eigenvalue weighted by atomic mass is 10.0. The summed E-state index contributed by atoms with van der Waals surface area (Å²) >= 11 is 0. The van der Waals surface area contributed by atoms with E-state index in [2.05, 4.69) is 48.9 Å². The highest BCUT2D eigenvalue weighted by Crippen LogP contribution is 2.43. The van der Waals surface area contributed by atoms with Gasteiger partial charge in [-0.1, -0.05) is 6.58 Å². The molecule has 1 aliphatic carbocycles. The lowest BCUT2D eigenvalue weighted by molar-refractivity contribution is 0.596. The van der Waals surface area contributed by atoms with Gasteiger partial charge in [0.05, 0.1) is 28.0 Å². The fourth-order valence-corrected chi connectivity index (χ4v) is 4.41. The van der Waals surface area contributed by atoms with E-state index in [1.165, 1.54) is 23.0 Å². The Morgan fingerprint density at radius 1 is 1.32 bits per heavy atom. The van der Waals surface area contributed by atoms with Crippen LogP contribution in [0.4, 0.5) is 21.7 Å². The molecule has 2 heterocycles. The first kappa shape index (κ1) is 25.9. The normalized spacial score (nSPS) is 15.1. The Hall–Kier alpha value is -4.19. The van der Waals surface area contributed by atoms with Gasteiger partial charge in [-0.3, -0.25) is 5.10 Å². The number of benzene rings is 1. The van der Waals surface area contributed by atoms with Crippen LogP contribution in [0.5, 0.6) is 0 Å². The maximum Gasteiger partial charge on any atom is 0.176 e. The van der Waals surface area contributed by atoms with Crippen LogP contribution in [0.2, 0.25) is 0 Å². The van der Waals surface area contributed by atoms with Gasteiger partial charge >= 0.3 is 0 Å². The summed E-state index contributed by atoms with van der Waals surface area (Å²) in [6, 6.07) is 5.49. The lowest BCUT2D eigenvalue weighted by Crippen LogP contribution is -2.12. The van der Waals surface area contributed by atoms with Crippen LogP contribution < -0.4 is 5.32 Å². The summed E-state index contributed by atoms with van der Waals surface area (Å²) < 4.78 is 40.5. The molecule has 0 saturated heterocycles. The number of rotatable bonds is 9. The van der Waals surface area contributed by atoms with Gasteiger partial charge in [-0.2, -0.15) is 10.2 Å². The van der Waals surface area contributed by atoms with Crippen LogP contribution in [0.25, 0.3) is 11.9 Å². The third kappa shape index (κ3) is 5.64. The van der Waals surface area contributed by atoms with Gasteiger partial charge in [0.25, 0.3) is 0 Å². The zero-order valence-electron chi connectivity index (χ0n) is 20.7. The number of hydrogen-bond acceptors (Lipinski definition) is 7. The zero-order valence-corrected chi connectivity index (χ0v) is 21.5. The van der Waals surface area contributed by atoms with Gasteiger partial charge in [-0.15, -0.1) is 0 Å². The zero-order chi connectivity index (χ0) is 26.7. The Kier molecular flexibility index (Phi) is 7.30. The van der Waals surface area contributed by atoms with E-state index in [0.717, 1.165) is 30.9 Å². The molecule has 0 atom stereocenters. The predicted molar refractivity (Wildman–Crippen MR) is 145 cm³/mol. The van der Waals surface area contributed by atoms with Crippen molar-refractivity contribution in [1.29, 1.82) is 0 Å². The standard InChI is InChI=1S/C25H27FN8O2S/c1-6-28-25-18(14-29-34(25)7-2)23(30-20-11-10-17(13-19(20)26)37(5,35)36)22(16-8-9-16)24(27-4)31-21-12-15(3)32-33-21/h6-7,10-14,16,30H,2,4,8-9H2,1,3,5H3,(H,32,33)/b23-22-,28-6-,31-24?. The van der Waals surface area contributed by atoms with Crippen LogP contribution >= 0.6 is 0 Å². The van der Waals surface area contributed by atoms with E-state index in [1.54, 1.807) is 25.4 Å². The van der Waals surface area contributed by atoms with Crippen molar-refractivity contribution in [2.24, 2.45) is 20.9 Å². The minimum absolute atomic E-state index is 0.0654. The summed E-state index contributed by atoms with van der Waals surface area (Å²) in [6.07, 6.45) is 7.48. The fourth-order valence-electron chi connectivity index (χ4n) is 3.78. The van der Waals surface area contributed by atoms with Gasteiger partial charge in [-0.05, 0) is 57.5 Å². The van der Waals surface area contributed by atoms with Gasteiger partial charge in [-0.25, -0.2) is 32.5 Å². The van der Waals surface area contributed by atoms with Gasteiger partial charge in [0.1, 0.15) is 5.82 Å². The summed E-state index contributed by atoms with van der Waals surface area (Å²) in [4.78, 5) is 13.1. The van der Waals surface area contributed by atoms with E-state index in [9.17, 15) is 8.42 Å². The third-order valence-electron chi connectivity index (χ3n) is 5.65. The summed E-state index contributed by atoms with van der Waals surface area (Å²) in [5.41, 5.74) is 2.62. The van der Waals surface area contributed by atoms with Crippen LogP contribution in [0.3, 0.4) is 0 Å². The van der Waals surface area contributed by atoms with Gasteiger partial charge in [0, 0.05) is 36.0 Å². The van der Waals surface area contributed by atoms with Crippen molar-refractivity contribution < 1.29 is 12.8 Å². The highest BCUT2D eigenvalue weighted by molar-refractivity contribution is 7.90. The number of aromatic amines is 1. The van der Waals surface area contributed by atoms with Crippen molar-refractivity contribution in [2.45, 2.75) is 31.6 Å². The molecule has 0 radical (unpaired) electrons. The first-order valence-corrected chi connectivity index (χ1v) is 13.3. The van der Waals surface area contributed by atoms with Crippen molar-refractivity contribution in [3.8, 4) is 0 Å². The number of amidine groups is 1. The number of aliphatic imine (C=N–C) groups is 3. The van der Waals surface area contributed by atoms with Gasteiger partial charge in [0.15, 0.2) is 27.3 Å². The number of nitrogens with zero attached hydrogens (tertiary/aromatic N) is 6. The number of aryl methyl sites for hydroxylation is 1. The van der Waals surface area contributed by atoms with E-state index in [-0.39, 0.29) is 16.5 Å². The molecule has 2 aromatic heterocycles. The van der Waals surface area contributed by atoms with Crippen LogP contribution in [0.15, 0.2) is 62.5 Å². The second-order valence-electron chi connectivity index (χ2n) is 8.50. The molecule has 37 heavy (non-hydrogen) atoms. The molecular weight excluding hydrogens is 495 g/mol. The molecular formula is C25H27FN8O2S. The topological polar surface area (TPSA) is 130 Å². The summed E-state index contributed by atoms with van der Waals surface area (Å²) in [5, 5.41) is 14.5. The molecule has 1 aromatic carbocycles. The highest BCUT2D eigenvalue weighted by Gasteiger charge is 2.34. The Morgan fingerprint density at radius 3 is 2.62 bits per heavy atom. The van der Waals surface area contributed by atoms with E-state index in [1.807, 2.05) is 6.92 Å². The molecule has 4 rings (SSSR count). The number of halogens is 1. The molecule has 0 unspecified atom stereocenters. The third-order valence-corrected chi connectivity index (χ3v) is 6.76. The number of hydrogen-bond donors (Lipinski definition) is 2. The number of aromatic nitrogens is 4. The minimum Gasteiger partial charge on any atom is -0.352 e. The average molecular weight is 523 g/mol. The number of nitrogens with one attached hydrogen (secondary N) is 2. The molecule has 2 N–H and O–H groups in total. The van der Waals surface area contributed by atoms with Crippen molar-refractivity contribution in [1.82, 2.24) is 20.0 Å². The molecule has 192 valence electrons. The number of anilines is 1. The summed E-state index contributed by atoms with van der Waals surface area (Å²) in [6.45, 7) is 11.1. The summed E-state index contributed by atoms with van der Waals surface area (Å²) in [5.74, 6) is 0.540. The van der Waals surface area contributed by atoms with Crippen molar-refractivity contribution in [3.63, 3.8) is 0 Å². The monoisotopic (exact) mass is 522 g/mol. The van der Waals surface area contributed by atoms with Crippen molar-refractivity contribution >= 4 is 57.8 Å². The van der Waals surface area contributed by atoms with Crippen molar-refractivity contribution in [3.05, 3.63) is 59.7 Å². The molecule has 0 spiro atoms. The van der Waals surface area contributed by atoms with Crippen LogP contribution in [0.1, 0.15) is 31.0 Å². The van der Waals surface area contributed by atoms with E-state index < -0.39 is 15.7 Å². The number of sulfone groups is 1. The molecule has 10 nitrogen and oxygen atoms in total. The fraction of sp³-hybridized carbons (Fsp3) is 0.240. The van der Waals surface area contributed by atoms with E-state index in [4.69, 9.17) is 0 Å². The first-order valence-electron chi connectivity index (χ1n) is 11.4. The Morgan fingerprint density at radius 2 is 2.08 bits per heavy atom. The van der Waals surface area contributed by atoms with Crippen LogP contribution in [0, 0.1) is 18.7 Å². The Bertz CT molecular complexity index is 1560. The van der Waals surface area contributed by atoms with Gasteiger partial charge in [0.2, 0.25) is 0 Å². The van der Waals surface area contributed by atoms with Crippen molar-refractivity contribution in [2.75, 3.05) is 11.6 Å². The maximum absolute atomic E-state index is 15.2. The highest BCUT2D eigenvalue weighted by atomic mass is 32.2. The molecule has 1 fully saturated rings. The minimum atomic E-state index is -3.58. The Labute approximate surface area is 214 Å². The molecule has 0 aliphatic heterocycles. The Balaban J connectivity index is 1.97. The predicted octanol–water partition coefficient (Wildman–Crippen LogP) is 4.94.